The van der Waals surface area contributed by atoms with Crippen molar-refractivity contribution in [2.45, 2.75) is 110 Å². The van der Waals surface area contributed by atoms with Gasteiger partial charge in [-0.2, -0.15) is 0 Å². The van der Waals surface area contributed by atoms with E-state index in [0.29, 0.717) is 6.61 Å². The lowest BCUT2D eigenvalue weighted by Crippen LogP contribution is -1.86. The topological polar surface area (TPSA) is 26.3 Å². The highest BCUT2D eigenvalue weighted by Crippen LogP contribution is 2.13. The Bertz CT molecular complexity index is 198. The van der Waals surface area contributed by atoms with Crippen LogP contribution in [0.25, 0.3) is 0 Å². The van der Waals surface area contributed by atoms with Crippen molar-refractivity contribution in [2.24, 2.45) is 0 Å². The molecule has 0 spiro atoms. The minimum Gasteiger partial charge on any atom is -0.332 e. The van der Waals surface area contributed by atoms with Gasteiger partial charge >= 0.3 is 0 Å². The van der Waals surface area contributed by atoms with Crippen LogP contribution in [0, 0.1) is 0 Å². The van der Waals surface area contributed by atoms with Crippen LogP contribution in [0.2, 0.25) is 0 Å². The van der Waals surface area contributed by atoms with Gasteiger partial charge in [0.05, 0.1) is 6.61 Å². The van der Waals surface area contributed by atoms with E-state index < -0.39 is 8.69 Å². The molecule has 1 atom stereocenters. The van der Waals surface area contributed by atoms with Gasteiger partial charge in [0.1, 0.15) is 0 Å². The quantitative estimate of drug-likeness (QED) is 0.202. The summed E-state index contributed by atoms with van der Waals surface area (Å²) in [5, 5.41) is 0. The first-order chi connectivity index (χ1) is 10.4. The van der Waals surface area contributed by atoms with E-state index in [0.717, 1.165) is 6.42 Å². The van der Waals surface area contributed by atoms with Crippen molar-refractivity contribution in [2.75, 3.05) is 6.61 Å². The normalized spacial score (nSPS) is 11.7. The maximum Gasteiger partial charge on any atom is 0.179 e. The average Bonchev–Trinajstić information content (AvgIpc) is 2.50. The fraction of sp³-hybridized carbons (Fsp3) is 1.00. The number of unbranched alkanes of at least 4 members (excludes halogenated alkanes) is 15. The molecule has 0 saturated carbocycles. The van der Waals surface area contributed by atoms with E-state index >= 15 is 0 Å². The van der Waals surface area contributed by atoms with Crippen molar-refractivity contribution < 1.29 is 9.09 Å². The highest BCUT2D eigenvalue weighted by atomic mass is 31.1. The lowest BCUT2D eigenvalue weighted by atomic mass is 10.0. The molecule has 0 heterocycles. The van der Waals surface area contributed by atoms with Crippen LogP contribution < -0.4 is 0 Å². The van der Waals surface area contributed by atoms with Gasteiger partial charge in [-0.1, -0.05) is 103 Å². The van der Waals surface area contributed by atoms with Gasteiger partial charge in [-0.15, -0.1) is 0 Å². The van der Waals surface area contributed by atoms with Crippen LogP contribution in [0.15, 0.2) is 0 Å². The fourth-order valence-electron chi connectivity index (χ4n) is 2.78. The lowest BCUT2D eigenvalue weighted by molar-refractivity contribution is 0.328. The van der Waals surface area contributed by atoms with Crippen LogP contribution in [0.3, 0.4) is 0 Å². The molecule has 0 radical (unpaired) electrons. The Balaban J connectivity index is 2.91. The highest BCUT2D eigenvalue weighted by molar-refractivity contribution is 7.17. The van der Waals surface area contributed by atoms with Crippen molar-refractivity contribution in [3.05, 3.63) is 0 Å². The Hall–Kier alpha value is 0.190. The van der Waals surface area contributed by atoms with Crippen LogP contribution >= 0.6 is 8.69 Å². The second-order valence-corrected chi connectivity index (χ2v) is 6.80. The maximum absolute atomic E-state index is 10.2. The predicted molar refractivity (Wildman–Crippen MR) is 95.9 cm³/mol. The highest BCUT2D eigenvalue weighted by Gasteiger charge is 1.94. The minimum atomic E-state index is -0.992. The zero-order valence-electron chi connectivity index (χ0n) is 14.4. The smallest absolute Gasteiger partial charge is 0.179 e. The average molecular weight is 318 g/mol. The Morgan fingerprint density at radius 2 is 0.905 bits per heavy atom. The third-order valence-electron chi connectivity index (χ3n) is 4.18. The van der Waals surface area contributed by atoms with E-state index in [1.165, 1.54) is 96.3 Å². The van der Waals surface area contributed by atoms with Crippen LogP contribution in [0.5, 0.6) is 0 Å². The van der Waals surface area contributed by atoms with Crippen molar-refractivity contribution >= 4 is 8.69 Å². The summed E-state index contributed by atoms with van der Waals surface area (Å²) in [7, 11) is -0.992. The van der Waals surface area contributed by atoms with Crippen LogP contribution in [0.1, 0.15) is 110 Å². The van der Waals surface area contributed by atoms with E-state index in [9.17, 15) is 4.57 Å². The molecule has 0 fully saturated rings. The van der Waals surface area contributed by atoms with Gasteiger partial charge in [0, 0.05) is 0 Å². The molecule has 0 aliphatic heterocycles. The van der Waals surface area contributed by atoms with E-state index in [4.69, 9.17) is 4.52 Å². The van der Waals surface area contributed by atoms with E-state index in [2.05, 4.69) is 6.92 Å². The molecule has 0 rings (SSSR count). The molecule has 0 aromatic carbocycles. The summed E-state index contributed by atoms with van der Waals surface area (Å²) >= 11 is 0. The summed E-state index contributed by atoms with van der Waals surface area (Å²) in [5.74, 6) is 0. The summed E-state index contributed by atoms with van der Waals surface area (Å²) in [4.78, 5) is 0. The summed E-state index contributed by atoms with van der Waals surface area (Å²) in [6, 6.07) is 0. The van der Waals surface area contributed by atoms with Crippen LogP contribution in [-0.2, 0) is 9.09 Å². The predicted octanol–water partition coefficient (Wildman–Crippen LogP) is 6.94. The molecule has 3 heteroatoms. The number of rotatable bonds is 18. The molecule has 128 valence electrons. The van der Waals surface area contributed by atoms with Crippen LogP contribution in [0.4, 0.5) is 0 Å². The summed E-state index contributed by atoms with van der Waals surface area (Å²) in [6.45, 7) is 2.97. The van der Waals surface area contributed by atoms with Crippen molar-refractivity contribution in [3.8, 4) is 0 Å². The standard InChI is InChI=1S/C18H39O2P/c1-2-3-4-5-6-7-8-9-10-11-12-13-14-15-16-17-18-20-21-19/h2-18,21H2,1H3. The van der Waals surface area contributed by atoms with Gasteiger partial charge in [-0.25, -0.2) is 0 Å². The Kier molecular flexibility index (Phi) is 20.4. The zero-order valence-corrected chi connectivity index (χ0v) is 15.6. The second kappa shape index (κ2) is 20.2. The van der Waals surface area contributed by atoms with E-state index in [1.54, 1.807) is 0 Å². The largest absolute Gasteiger partial charge is 0.332 e. The molecule has 0 aromatic rings. The van der Waals surface area contributed by atoms with Gasteiger partial charge in [0.15, 0.2) is 8.69 Å². The summed E-state index contributed by atoms with van der Waals surface area (Å²) in [6.07, 6.45) is 22.2. The molecule has 0 N–H and O–H groups in total. The van der Waals surface area contributed by atoms with Gasteiger partial charge in [0.2, 0.25) is 0 Å². The molecule has 0 aromatic heterocycles. The third kappa shape index (κ3) is 20.2. The van der Waals surface area contributed by atoms with Crippen LogP contribution in [-0.4, -0.2) is 6.61 Å². The van der Waals surface area contributed by atoms with Gasteiger partial charge in [-0.3, -0.25) is 4.57 Å². The molecule has 2 nitrogen and oxygen atoms in total. The first-order valence-electron chi connectivity index (χ1n) is 9.47. The molecule has 0 saturated heterocycles. The molecule has 0 amide bonds. The molecule has 1 unspecified atom stereocenters. The fourth-order valence-corrected chi connectivity index (χ4v) is 3.04. The molecule has 0 bridgehead atoms. The van der Waals surface area contributed by atoms with Gasteiger partial charge in [-0.05, 0) is 6.42 Å². The zero-order chi connectivity index (χ0) is 15.4. The van der Waals surface area contributed by atoms with Crippen molar-refractivity contribution in [3.63, 3.8) is 0 Å². The Labute approximate surface area is 134 Å². The SMILES string of the molecule is CCCCCCCCCCCCCCCCCCO[PH2]=O. The molecule has 0 aliphatic rings. The minimum absolute atomic E-state index is 0.692. The first-order valence-corrected chi connectivity index (χ1v) is 10.4. The molecular weight excluding hydrogens is 279 g/mol. The molecule has 0 aliphatic carbocycles. The number of hydrogen-bond acceptors (Lipinski definition) is 2. The molecule has 21 heavy (non-hydrogen) atoms. The Morgan fingerprint density at radius 3 is 1.24 bits per heavy atom. The molecular formula is C18H39O2P. The van der Waals surface area contributed by atoms with Crippen molar-refractivity contribution in [1.82, 2.24) is 0 Å². The van der Waals surface area contributed by atoms with Gasteiger partial charge < -0.3 is 4.52 Å². The first kappa shape index (κ1) is 21.2. The monoisotopic (exact) mass is 318 g/mol. The summed E-state index contributed by atoms with van der Waals surface area (Å²) < 4.78 is 15.0. The summed E-state index contributed by atoms with van der Waals surface area (Å²) in [5.41, 5.74) is 0. The van der Waals surface area contributed by atoms with Gasteiger partial charge in [0.25, 0.3) is 0 Å². The Morgan fingerprint density at radius 1 is 0.571 bits per heavy atom. The van der Waals surface area contributed by atoms with E-state index in [-0.39, 0.29) is 0 Å². The van der Waals surface area contributed by atoms with Crippen molar-refractivity contribution in [1.29, 1.82) is 0 Å². The lowest BCUT2D eigenvalue weighted by Gasteiger charge is -2.03. The number of hydrogen-bond donors (Lipinski definition) is 0. The maximum atomic E-state index is 10.2. The second-order valence-electron chi connectivity index (χ2n) is 6.27. The third-order valence-corrected chi connectivity index (χ3v) is 4.56. The van der Waals surface area contributed by atoms with E-state index in [1.807, 2.05) is 0 Å².